The molecule has 1 aromatic rings. The van der Waals surface area contributed by atoms with Crippen molar-refractivity contribution < 1.29 is 22.9 Å². The Hall–Kier alpha value is -2.32. The summed E-state index contributed by atoms with van der Waals surface area (Å²) in [7, 11) is 0. The van der Waals surface area contributed by atoms with Crippen molar-refractivity contribution in [3.8, 4) is 0 Å². The van der Waals surface area contributed by atoms with Crippen LogP contribution in [-0.4, -0.2) is 48.1 Å². The minimum absolute atomic E-state index is 0.0472. The molecule has 156 valence electrons. The van der Waals surface area contributed by atoms with Crippen LogP contribution in [0, 0.1) is 16.0 Å². The number of halogens is 3. The number of nitro benzene ring substituents is 1. The van der Waals surface area contributed by atoms with E-state index in [1.165, 1.54) is 12.1 Å². The van der Waals surface area contributed by atoms with Gasteiger partial charge in [-0.1, -0.05) is 20.3 Å². The Balaban J connectivity index is 2.29. The smallest absolute Gasteiger partial charge is 0.366 e. The predicted molar refractivity (Wildman–Crippen MR) is 101 cm³/mol. The number of alkyl halides is 3. The fourth-order valence-electron chi connectivity index (χ4n) is 3.32. The number of carbonyl (C=O) groups excluding carboxylic acids is 1. The fourth-order valence-corrected chi connectivity index (χ4v) is 3.32. The van der Waals surface area contributed by atoms with Gasteiger partial charge < -0.3 is 9.80 Å². The standard InChI is InChI=1S/C19H26F3N3O3/c1-3-4-9-24(13-19(20,21)22)18(26)15-5-6-16(17(12-15)25(27)28)23-10-7-14(2)8-11-23/h5-6,12,14H,3-4,7-11,13H2,1-2H3. The van der Waals surface area contributed by atoms with Gasteiger partial charge in [0.15, 0.2) is 0 Å². The largest absolute Gasteiger partial charge is 0.406 e. The van der Waals surface area contributed by atoms with Crippen molar-refractivity contribution in [2.75, 3.05) is 31.1 Å². The van der Waals surface area contributed by atoms with Crippen molar-refractivity contribution in [3.05, 3.63) is 33.9 Å². The third-order valence-corrected chi connectivity index (χ3v) is 4.98. The molecule has 0 aliphatic carbocycles. The van der Waals surface area contributed by atoms with Crippen molar-refractivity contribution in [1.29, 1.82) is 0 Å². The van der Waals surface area contributed by atoms with Crippen LogP contribution in [0.15, 0.2) is 18.2 Å². The molecule has 0 N–H and O–H groups in total. The van der Waals surface area contributed by atoms with E-state index in [-0.39, 0.29) is 17.8 Å². The average Bonchev–Trinajstić information content (AvgIpc) is 2.63. The molecule has 0 radical (unpaired) electrons. The number of anilines is 1. The number of nitro groups is 1. The molecule has 1 fully saturated rings. The molecule has 0 saturated carbocycles. The van der Waals surface area contributed by atoms with Crippen LogP contribution in [0.2, 0.25) is 0 Å². The average molecular weight is 401 g/mol. The number of hydrogen-bond donors (Lipinski definition) is 0. The summed E-state index contributed by atoms with van der Waals surface area (Å²) in [4.78, 5) is 26.2. The second kappa shape index (κ2) is 9.25. The van der Waals surface area contributed by atoms with Crippen LogP contribution in [0.3, 0.4) is 0 Å². The number of amides is 1. The third kappa shape index (κ3) is 5.84. The first-order valence-corrected chi connectivity index (χ1v) is 9.51. The van der Waals surface area contributed by atoms with Crippen LogP contribution in [0.4, 0.5) is 24.5 Å². The van der Waals surface area contributed by atoms with Crippen LogP contribution < -0.4 is 4.90 Å². The van der Waals surface area contributed by atoms with Gasteiger partial charge in [-0.2, -0.15) is 13.2 Å². The molecular formula is C19H26F3N3O3. The van der Waals surface area contributed by atoms with Crippen molar-refractivity contribution in [1.82, 2.24) is 4.90 Å². The minimum Gasteiger partial charge on any atom is -0.366 e. The number of carbonyl (C=O) groups is 1. The number of rotatable bonds is 7. The van der Waals surface area contributed by atoms with Gasteiger partial charge in [-0.25, -0.2) is 0 Å². The SMILES string of the molecule is CCCCN(CC(F)(F)F)C(=O)c1ccc(N2CCC(C)CC2)c([N+](=O)[O-])c1. The van der Waals surface area contributed by atoms with E-state index in [0.29, 0.717) is 42.4 Å². The molecule has 6 nitrogen and oxygen atoms in total. The van der Waals surface area contributed by atoms with Gasteiger partial charge in [0.2, 0.25) is 0 Å². The quantitative estimate of drug-likeness (QED) is 0.493. The monoisotopic (exact) mass is 401 g/mol. The summed E-state index contributed by atoms with van der Waals surface area (Å²) in [5, 5.41) is 11.5. The Morgan fingerprint density at radius 3 is 2.50 bits per heavy atom. The number of piperidine rings is 1. The van der Waals surface area contributed by atoms with E-state index >= 15 is 0 Å². The highest BCUT2D eigenvalue weighted by Crippen LogP contribution is 2.33. The van der Waals surface area contributed by atoms with Gasteiger partial charge in [0.25, 0.3) is 11.6 Å². The third-order valence-electron chi connectivity index (χ3n) is 4.98. The second-order valence-corrected chi connectivity index (χ2v) is 7.33. The first-order chi connectivity index (χ1) is 13.1. The van der Waals surface area contributed by atoms with Crippen LogP contribution in [0.25, 0.3) is 0 Å². The van der Waals surface area contributed by atoms with Crippen molar-refractivity contribution in [2.24, 2.45) is 5.92 Å². The molecule has 0 atom stereocenters. The van der Waals surface area contributed by atoms with Gasteiger partial charge in [0, 0.05) is 31.3 Å². The highest BCUT2D eigenvalue weighted by molar-refractivity contribution is 5.96. The second-order valence-electron chi connectivity index (χ2n) is 7.33. The van der Waals surface area contributed by atoms with E-state index in [4.69, 9.17) is 0 Å². The van der Waals surface area contributed by atoms with E-state index in [0.717, 1.165) is 18.9 Å². The van der Waals surface area contributed by atoms with Crippen LogP contribution in [0.5, 0.6) is 0 Å². The molecule has 9 heteroatoms. The van der Waals surface area contributed by atoms with E-state index in [1.807, 2.05) is 11.8 Å². The van der Waals surface area contributed by atoms with Crippen molar-refractivity contribution in [3.63, 3.8) is 0 Å². The lowest BCUT2D eigenvalue weighted by atomic mass is 9.98. The Kier molecular flexibility index (Phi) is 7.26. The molecule has 1 saturated heterocycles. The fraction of sp³-hybridized carbons (Fsp3) is 0.632. The van der Waals surface area contributed by atoms with Gasteiger partial charge in [0.05, 0.1) is 4.92 Å². The van der Waals surface area contributed by atoms with Crippen LogP contribution >= 0.6 is 0 Å². The lowest BCUT2D eigenvalue weighted by Crippen LogP contribution is -2.39. The molecule has 1 aromatic carbocycles. The van der Waals surface area contributed by atoms with Gasteiger partial charge in [0.1, 0.15) is 12.2 Å². The van der Waals surface area contributed by atoms with E-state index in [1.54, 1.807) is 0 Å². The van der Waals surface area contributed by atoms with Crippen LogP contribution in [0.1, 0.15) is 49.9 Å². The van der Waals surface area contributed by atoms with E-state index in [9.17, 15) is 28.1 Å². The Morgan fingerprint density at radius 1 is 1.32 bits per heavy atom. The molecule has 0 unspecified atom stereocenters. The lowest BCUT2D eigenvalue weighted by Gasteiger charge is -2.32. The molecule has 28 heavy (non-hydrogen) atoms. The van der Waals surface area contributed by atoms with Gasteiger partial charge in [-0.05, 0) is 37.3 Å². The zero-order valence-corrected chi connectivity index (χ0v) is 16.2. The number of unbranched alkanes of at least 4 members (excludes halogenated alkanes) is 1. The first kappa shape index (κ1) is 22.0. The predicted octanol–water partition coefficient (Wildman–Crippen LogP) is 4.64. The molecule has 1 aliphatic rings. The van der Waals surface area contributed by atoms with Crippen molar-refractivity contribution >= 4 is 17.3 Å². The summed E-state index contributed by atoms with van der Waals surface area (Å²) in [5.74, 6) is -0.293. The molecule has 1 aliphatic heterocycles. The zero-order chi connectivity index (χ0) is 20.9. The number of nitrogens with zero attached hydrogens (tertiary/aromatic N) is 3. The molecule has 1 amide bonds. The lowest BCUT2D eigenvalue weighted by molar-refractivity contribution is -0.384. The molecule has 0 spiro atoms. The molecule has 2 rings (SSSR count). The first-order valence-electron chi connectivity index (χ1n) is 9.51. The topological polar surface area (TPSA) is 66.7 Å². The molecular weight excluding hydrogens is 375 g/mol. The summed E-state index contributed by atoms with van der Waals surface area (Å²) in [5.41, 5.74) is 0.0633. The molecule has 0 bridgehead atoms. The van der Waals surface area contributed by atoms with Gasteiger partial charge in [-0.3, -0.25) is 14.9 Å². The van der Waals surface area contributed by atoms with Gasteiger partial charge in [-0.15, -0.1) is 0 Å². The summed E-state index contributed by atoms with van der Waals surface area (Å²) in [6.07, 6.45) is -1.65. The number of benzene rings is 1. The van der Waals surface area contributed by atoms with Gasteiger partial charge >= 0.3 is 6.18 Å². The summed E-state index contributed by atoms with van der Waals surface area (Å²) in [6, 6.07) is 3.97. The molecule has 1 heterocycles. The normalized spacial score (nSPS) is 15.5. The van der Waals surface area contributed by atoms with Crippen LogP contribution in [-0.2, 0) is 0 Å². The van der Waals surface area contributed by atoms with E-state index < -0.39 is 23.6 Å². The van der Waals surface area contributed by atoms with Crippen molar-refractivity contribution in [2.45, 2.75) is 45.7 Å². The Bertz CT molecular complexity index is 701. The maximum atomic E-state index is 12.8. The zero-order valence-electron chi connectivity index (χ0n) is 16.2. The summed E-state index contributed by atoms with van der Waals surface area (Å²) >= 11 is 0. The highest BCUT2D eigenvalue weighted by atomic mass is 19.4. The summed E-state index contributed by atoms with van der Waals surface area (Å²) in [6.45, 7) is 3.87. The Labute approximate surface area is 162 Å². The maximum Gasteiger partial charge on any atom is 0.406 e. The van der Waals surface area contributed by atoms with E-state index in [2.05, 4.69) is 6.92 Å². The minimum atomic E-state index is -4.53. The maximum absolute atomic E-state index is 12.8. The highest BCUT2D eigenvalue weighted by Gasteiger charge is 2.34. The summed E-state index contributed by atoms with van der Waals surface area (Å²) < 4.78 is 38.5. The number of hydrogen-bond acceptors (Lipinski definition) is 4. The molecule has 0 aromatic heterocycles. The Morgan fingerprint density at radius 2 is 1.96 bits per heavy atom.